The van der Waals surface area contributed by atoms with E-state index >= 15 is 0 Å². The Hall–Kier alpha value is -4.10. The fourth-order valence-electron chi connectivity index (χ4n) is 4.61. The van der Waals surface area contributed by atoms with Gasteiger partial charge in [0.2, 0.25) is 15.9 Å². The summed E-state index contributed by atoms with van der Waals surface area (Å²) < 4.78 is 27.6. The zero-order chi connectivity index (χ0) is 29.6. The lowest BCUT2D eigenvalue weighted by molar-refractivity contribution is -0.174. The number of hydroxylamine groups is 2. The molecule has 41 heavy (non-hydrogen) atoms. The van der Waals surface area contributed by atoms with Crippen LogP contribution in [0.4, 0.5) is 0 Å². The van der Waals surface area contributed by atoms with Crippen LogP contribution in [0.15, 0.2) is 83.8 Å². The highest BCUT2D eigenvalue weighted by atomic mass is 32.2. The van der Waals surface area contributed by atoms with Crippen LogP contribution in [0, 0.1) is 12.3 Å². The van der Waals surface area contributed by atoms with E-state index in [0.717, 1.165) is 11.1 Å². The van der Waals surface area contributed by atoms with E-state index in [2.05, 4.69) is 10.0 Å². The molecule has 3 aromatic carbocycles. The molecule has 6 N–H and O–H groups in total. The normalized spacial score (nSPS) is 18.1. The number of rotatable bonds is 12. The van der Waals surface area contributed by atoms with Gasteiger partial charge < -0.3 is 16.2 Å². The van der Waals surface area contributed by atoms with Gasteiger partial charge >= 0.3 is 5.97 Å². The fourth-order valence-corrected chi connectivity index (χ4v) is 5.90. The lowest BCUT2D eigenvalue weighted by atomic mass is 9.98. The van der Waals surface area contributed by atoms with Crippen LogP contribution in [-0.4, -0.2) is 55.0 Å². The molecule has 1 amide bonds. The average molecular weight is 580 g/mol. The highest BCUT2D eigenvalue weighted by Gasteiger charge is 2.36. The number of carboxylic acid groups (broad SMARTS) is 1. The molecule has 1 aliphatic rings. The molecule has 0 aliphatic carbocycles. The van der Waals surface area contributed by atoms with Gasteiger partial charge in [-0.25, -0.2) is 8.42 Å². The summed E-state index contributed by atoms with van der Waals surface area (Å²) in [5.74, 6) is -1.92. The summed E-state index contributed by atoms with van der Waals surface area (Å²) in [5, 5.41) is 21.6. The van der Waals surface area contributed by atoms with Crippen LogP contribution >= 0.6 is 0 Å². The zero-order valence-electron chi connectivity index (χ0n) is 22.5. The van der Waals surface area contributed by atoms with Gasteiger partial charge in [-0.05, 0) is 42.2 Å². The van der Waals surface area contributed by atoms with Crippen molar-refractivity contribution >= 4 is 27.7 Å². The molecule has 12 heteroatoms. The van der Waals surface area contributed by atoms with Crippen LogP contribution in [0.25, 0.3) is 0 Å². The summed E-state index contributed by atoms with van der Waals surface area (Å²) in [5.41, 5.74) is 8.86. The summed E-state index contributed by atoms with van der Waals surface area (Å²) in [6.45, 7) is 1.77. The minimum Gasteiger partial charge on any atom is -0.480 e. The van der Waals surface area contributed by atoms with Gasteiger partial charge in [0.25, 0.3) is 0 Å². The molecule has 11 nitrogen and oxygen atoms in total. The summed E-state index contributed by atoms with van der Waals surface area (Å²) in [4.78, 5) is 30.7. The molecule has 0 saturated carbocycles. The highest BCUT2D eigenvalue weighted by Crippen LogP contribution is 2.36. The number of carbonyl (C=O) groups excluding carboxylic acids is 1. The lowest BCUT2D eigenvalue weighted by Crippen LogP contribution is -2.48. The molecule has 1 heterocycles. The van der Waals surface area contributed by atoms with Crippen LogP contribution in [0.2, 0.25) is 0 Å². The minimum atomic E-state index is -4.12. The van der Waals surface area contributed by atoms with E-state index in [1.807, 2.05) is 47.5 Å². The maximum atomic E-state index is 12.8. The average Bonchev–Trinajstić information content (AvgIpc) is 3.33. The Morgan fingerprint density at radius 2 is 1.80 bits per heavy atom. The van der Waals surface area contributed by atoms with Crippen molar-refractivity contribution in [3.63, 3.8) is 0 Å². The third-order valence-corrected chi connectivity index (χ3v) is 8.19. The molecule has 1 fully saturated rings. The number of hydrogen-bond donors (Lipinski definition) is 5. The van der Waals surface area contributed by atoms with E-state index in [4.69, 9.17) is 16.0 Å². The molecule has 0 aromatic heterocycles. The van der Waals surface area contributed by atoms with Crippen molar-refractivity contribution in [1.29, 1.82) is 5.41 Å². The van der Waals surface area contributed by atoms with Crippen molar-refractivity contribution in [3.8, 4) is 0 Å². The number of nitrogens with one attached hydrogen (secondary N) is 3. The molecule has 1 saturated heterocycles. The summed E-state index contributed by atoms with van der Waals surface area (Å²) in [7, 11) is -4.12. The number of sulfonamides is 1. The molecule has 0 unspecified atom stereocenters. The predicted molar refractivity (Wildman–Crippen MR) is 152 cm³/mol. The van der Waals surface area contributed by atoms with Crippen molar-refractivity contribution in [2.45, 2.75) is 49.4 Å². The number of nitrogens with two attached hydrogens (primary N) is 1. The first-order valence-corrected chi connectivity index (χ1v) is 14.5. The number of aliphatic carboxylic acids is 1. The molecular weight excluding hydrogens is 546 g/mol. The van der Waals surface area contributed by atoms with Crippen LogP contribution in [0.1, 0.15) is 41.1 Å². The van der Waals surface area contributed by atoms with E-state index in [-0.39, 0.29) is 23.2 Å². The van der Waals surface area contributed by atoms with E-state index in [9.17, 15) is 23.1 Å². The van der Waals surface area contributed by atoms with Crippen molar-refractivity contribution in [2.75, 3.05) is 6.54 Å². The Bertz CT molecular complexity index is 1500. The summed E-state index contributed by atoms with van der Waals surface area (Å²) >= 11 is 0. The summed E-state index contributed by atoms with van der Waals surface area (Å²) in [6.07, 6.45) is -0.0600. The van der Waals surface area contributed by atoms with Gasteiger partial charge in [-0.1, -0.05) is 66.7 Å². The SMILES string of the molecule is Cc1cccc(S(=O)(=O)N[C@@H](CNC(=O)C[C@@H]2C[C@H](c3ccc(C(=N)N)cc3)N(Cc3ccccc3)O2)C(=O)O)c1. The van der Waals surface area contributed by atoms with Gasteiger partial charge in [0, 0.05) is 18.7 Å². The third-order valence-electron chi connectivity index (χ3n) is 6.72. The summed E-state index contributed by atoms with van der Waals surface area (Å²) in [6, 6.07) is 21.4. The first-order valence-electron chi connectivity index (χ1n) is 13.0. The standard InChI is InChI=1S/C29H33N5O6S/c1-19-6-5-9-24(14-19)41(38,39)33-25(29(36)37)17-32-27(35)16-23-15-26(21-10-12-22(13-11-21)28(30)31)34(40-23)18-20-7-3-2-4-8-20/h2-14,23,25-26,33H,15-18H2,1H3,(H3,30,31)(H,32,35)(H,36,37)/t23-,25-,26+/m0/s1. The van der Waals surface area contributed by atoms with Crippen LogP contribution in [0.3, 0.4) is 0 Å². The third kappa shape index (κ3) is 7.98. The first-order chi connectivity index (χ1) is 19.5. The van der Waals surface area contributed by atoms with Crippen LogP contribution in [0.5, 0.6) is 0 Å². The lowest BCUT2D eigenvalue weighted by Gasteiger charge is -2.23. The number of hydrogen-bond acceptors (Lipinski definition) is 7. The second-order valence-electron chi connectivity index (χ2n) is 9.91. The maximum Gasteiger partial charge on any atom is 0.323 e. The van der Waals surface area contributed by atoms with E-state index in [1.165, 1.54) is 12.1 Å². The zero-order valence-corrected chi connectivity index (χ0v) is 23.3. The number of nitrogen functional groups attached to an aromatic ring is 1. The number of benzene rings is 3. The first kappa shape index (κ1) is 29.9. The van der Waals surface area contributed by atoms with Gasteiger partial charge in [-0.15, -0.1) is 0 Å². The van der Waals surface area contributed by atoms with E-state index in [0.29, 0.717) is 24.1 Å². The van der Waals surface area contributed by atoms with Crippen molar-refractivity contribution in [3.05, 3.63) is 101 Å². The van der Waals surface area contributed by atoms with E-state index < -0.39 is 40.6 Å². The number of aryl methyl sites for hydroxylation is 1. The van der Waals surface area contributed by atoms with Crippen LogP contribution < -0.4 is 15.8 Å². The molecule has 1 aliphatic heterocycles. The second-order valence-corrected chi connectivity index (χ2v) is 11.6. The second kappa shape index (κ2) is 13.0. The van der Waals surface area contributed by atoms with Gasteiger partial charge in [-0.2, -0.15) is 9.79 Å². The van der Waals surface area contributed by atoms with Crippen LogP contribution in [-0.2, 0) is 31.0 Å². The van der Waals surface area contributed by atoms with Gasteiger partial charge in [-0.3, -0.25) is 19.8 Å². The van der Waals surface area contributed by atoms with E-state index in [1.54, 1.807) is 31.2 Å². The molecule has 3 atom stereocenters. The highest BCUT2D eigenvalue weighted by molar-refractivity contribution is 7.89. The fraction of sp³-hybridized carbons (Fsp3) is 0.276. The Morgan fingerprint density at radius 1 is 1.10 bits per heavy atom. The largest absolute Gasteiger partial charge is 0.480 e. The smallest absolute Gasteiger partial charge is 0.323 e. The Kier molecular flexibility index (Phi) is 9.50. The maximum absolute atomic E-state index is 12.8. The van der Waals surface area contributed by atoms with Crippen molar-refractivity contribution in [2.24, 2.45) is 5.73 Å². The van der Waals surface area contributed by atoms with Gasteiger partial charge in [0.15, 0.2) is 0 Å². The number of carbonyl (C=O) groups is 2. The topological polar surface area (TPSA) is 175 Å². The molecule has 216 valence electrons. The molecule has 0 spiro atoms. The predicted octanol–water partition coefficient (Wildman–Crippen LogP) is 2.46. The van der Waals surface area contributed by atoms with Crippen molar-refractivity contribution in [1.82, 2.24) is 15.1 Å². The number of nitrogens with zero attached hydrogens (tertiary/aromatic N) is 1. The Labute approximate surface area is 238 Å². The quantitative estimate of drug-likeness (QED) is 0.161. The minimum absolute atomic E-state index is 0.0317. The van der Waals surface area contributed by atoms with Crippen molar-refractivity contribution < 1.29 is 28.0 Å². The van der Waals surface area contributed by atoms with Gasteiger partial charge in [0.05, 0.1) is 23.5 Å². The number of amides is 1. The Balaban J connectivity index is 1.40. The number of carboxylic acids is 1. The molecular formula is C29H33N5O6S. The van der Waals surface area contributed by atoms with Gasteiger partial charge in [0.1, 0.15) is 11.9 Å². The molecule has 0 bridgehead atoms. The Morgan fingerprint density at radius 3 is 2.44 bits per heavy atom. The molecule has 4 rings (SSSR count). The monoisotopic (exact) mass is 579 g/mol. The molecule has 0 radical (unpaired) electrons. The number of amidine groups is 1. The molecule has 3 aromatic rings.